The molecule has 8 heteroatoms. The number of hydrogen-bond donors (Lipinski definition) is 0. The second kappa shape index (κ2) is 21.0. The number of hydrogen-bond acceptors (Lipinski definition) is 8. The van der Waals surface area contributed by atoms with E-state index in [0.29, 0.717) is 0 Å². The predicted molar refractivity (Wildman–Crippen MR) is 335 cm³/mol. The van der Waals surface area contributed by atoms with E-state index < -0.39 is 0 Å². The highest BCUT2D eigenvalue weighted by atomic mass is 16.5. The molecule has 0 saturated carbocycles. The van der Waals surface area contributed by atoms with E-state index in [-0.39, 0.29) is 11.8 Å². The lowest BCUT2D eigenvalue weighted by Gasteiger charge is -2.33. The third-order valence-electron chi connectivity index (χ3n) is 21.1. The first-order valence-corrected chi connectivity index (χ1v) is 33.2. The van der Waals surface area contributed by atoms with E-state index in [1.807, 2.05) is 0 Å². The minimum Gasteiger partial charge on any atom is -0.493 e. The summed E-state index contributed by atoms with van der Waals surface area (Å²) in [4.78, 5) is 0. The topological polar surface area (TPSA) is 73.8 Å². The van der Waals surface area contributed by atoms with Crippen molar-refractivity contribution in [3.05, 3.63) is 138 Å². The average Bonchev–Trinajstić information content (AvgIpc) is 2.25. The van der Waals surface area contributed by atoms with Gasteiger partial charge in [0.1, 0.15) is 46.0 Å². The van der Waals surface area contributed by atoms with Gasteiger partial charge in [-0.3, -0.25) is 0 Å². The Labute approximate surface area is 494 Å². The molecule has 9 aliphatic rings. The van der Waals surface area contributed by atoms with Crippen LogP contribution in [0, 0.1) is 0 Å². The van der Waals surface area contributed by atoms with Crippen LogP contribution in [0.4, 0.5) is 0 Å². The molecule has 0 unspecified atom stereocenters. The van der Waals surface area contributed by atoms with Gasteiger partial charge in [0.15, 0.2) is 0 Å². The third-order valence-corrected chi connectivity index (χ3v) is 21.1. The van der Waals surface area contributed by atoms with Gasteiger partial charge in [0.05, 0.1) is 52.9 Å². The number of fused-ring (bicyclic) bond motifs is 30. The lowest BCUT2D eigenvalue weighted by Crippen LogP contribution is -2.19. The maximum atomic E-state index is 7.15. The van der Waals surface area contributed by atoms with Crippen LogP contribution in [-0.4, -0.2) is 52.9 Å². The van der Waals surface area contributed by atoms with Crippen LogP contribution in [0.1, 0.15) is 205 Å². The second-order valence-electron chi connectivity index (χ2n) is 26.2. The highest BCUT2D eigenvalue weighted by Crippen LogP contribution is 2.56. The van der Waals surface area contributed by atoms with Gasteiger partial charge < -0.3 is 37.9 Å². The van der Waals surface area contributed by atoms with Crippen molar-refractivity contribution in [3.63, 3.8) is 0 Å². The molecule has 2 atom stereocenters. The number of aryl methyl sites for hydroxylation is 8. The van der Waals surface area contributed by atoms with Gasteiger partial charge in [0.2, 0.25) is 0 Å². The van der Waals surface area contributed by atoms with Crippen LogP contribution in [0.3, 0.4) is 0 Å². The molecule has 8 heterocycles. The molecule has 8 nitrogen and oxygen atoms in total. The Bertz CT molecular complexity index is 4050. The minimum absolute atomic E-state index is 0.0709. The highest BCUT2D eigenvalue weighted by molar-refractivity contribution is 6.01. The molecule has 17 rings (SSSR count). The summed E-state index contributed by atoms with van der Waals surface area (Å²) in [5, 5.41) is 10.8. The molecule has 0 fully saturated rings. The van der Waals surface area contributed by atoms with Gasteiger partial charge in [-0.1, -0.05) is 39.5 Å². The maximum absolute atomic E-state index is 7.15. The maximum Gasteiger partial charge on any atom is 0.126 e. The molecule has 0 spiro atoms. The van der Waals surface area contributed by atoms with Gasteiger partial charge in [-0.15, -0.1) is 0 Å². The molecule has 84 heavy (non-hydrogen) atoms. The fraction of sp³-hybridized carbons (Fsp3) is 0.474. The molecule has 0 saturated heterocycles. The first-order chi connectivity index (χ1) is 41.6. The van der Waals surface area contributed by atoms with Gasteiger partial charge in [0, 0.05) is 85.9 Å². The number of ether oxygens (including phenoxy) is 8. The van der Waals surface area contributed by atoms with Crippen LogP contribution < -0.4 is 37.9 Å². The number of unbranched alkanes of at least 4 members (excludes halogenated alkanes) is 2. The molecule has 432 valence electrons. The van der Waals surface area contributed by atoms with Gasteiger partial charge >= 0.3 is 0 Å². The number of benzene rings is 8. The van der Waals surface area contributed by atoms with Crippen LogP contribution in [0.5, 0.6) is 46.0 Å². The van der Waals surface area contributed by atoms with E-state index in [0.717, 1.165) is 253 Å². The Balaban J connectivity index is 1.00. The average molecular weight is 1120 g/mol. The molecule has 0 amide bonds. The van der Waals surface area contributed by atoms with Crippen LogP contribution in [0.15, 0.2) is 48.5 Å². The predicted octanol–water partition coefficient (Wildman–Crippen LogP) is 17.0. The number of rotatable bonds is 6. The van der Waals surface area contributed by atoms with E-state index >= 15 is 0 Å². The van der Waals surface area contributed by atoms with E-state index in [1.54, 1.807) is 0 Å². The SMILES string of the molecule is CCCC[C@@H]1c2cc3cc(c4c(c3c3c2OCCC3)CCCO4)Cc2cc3cc(c4c(c3c3c2OCCC3)CCCO4)[C@H](CCCC)c2cc3c(c4c5c(c(cc24)Cc2cc4cc1c1c(c4c4c2OCCC4)CCCO1)OCCC5)CCCO3. The Morgan fingerprint density at radius 2 is 0.619 bits per heavy atom. The van der Waals surface area contributed by atoms with Gasteiger partial charge in [-0.25, -0.2) is 0 Å². The van der Waals surface area contributed by atoms with E-state index in [4.69, 9.17) is 37.9 Å². The van der Waals surface area contributed by atoms with Crippen LogP contribution in [0.25, 0.3) is 43.1 Å². The summed E-state index contributed by atoms with van der Waals surface area (Å²) in [6.07, 6.45) is 23.9. The van der Waals surface area contributed by atoms with Crippen molar-refractivity contribution < 1.29 is 37.9 Å². The van der Waals surface area contributed by atoms with Crippen molar-refractivity contribution >= 4 is 43.1 Å². The van der Waals surface area contributed by atoms with Gasteiger partial charge in [-0.2, -0.15) is 0 Å². The first kappa shape index (κ1) is 51.6. The zero-order valence-corrected chi connectivity index (χ0v) is 49.7. The molecular formula is C76H80O8. The summed E-state index contributed by atoms with van der Waals surface area (Å²) in [5.41, 5.74) is 21.3. The summed E-state index contributed by atoms with van der Waals surface area (Å²) in [6.45, 7) is 10.5. The van der Waals surface area contributed by atoms with Crippen molar-refractivity contribution in [3.8, 4) is 46.0 Å². The quantitative estimate of drug-likeness (QED) is 0.163. The zero-order chi connectivity index (χ0) is 55.6. The Morgan fingerprint density at radius 1 is 0.310 bits per heavy atom. The monoisotopic (exact) mass is 1120 g/mol. The molecule has 0 aromatic heterocycles. The van der Waals surface area contributed by atoms with Crippen LogP contribution in [-0.2, 0) is 64.2 Å². The van der Waals surface area contributed by atoms with Crippen LogP contribution in [0.2, 0.25) is 0 Å². The third kappa shape index (κ3) is 8.16. The summed E-state index contributed by atoms with van der Waals surface area (Å²) in [7, 11) is 0. The van der Waals surface area contributed by atoms with Crippen molar-refractivity contribution in [2.75, 3.05) is 52.9 Å². The second-order valence-corrected chi connectivity index (χ2v) is 26.2. The fourth-order valence-corrected chi connectivity index (χ4v) is 17.6. The highest BCUT2D eigenvalue weighted by Gasteiger charge is 2.37. The molecular weight excluding hydrogens is 1040 g/mol. The molecule has 8 aromatic rings. The Morgan fingerprint density at radius 3 is 1.00 bits per heavy atom. The molecule has 0 N–H and O–H groups in total. The molecule has 8 aliphatic heterocycles. The fourth-order valence-electron chi connectivity index (χ4n) is 17.6. The standard InChI is InChI=1S/C76H80O8/c1-3-5-15-50-60-42-65-52(17-7-25-77-65)69-59-24-14-29-81-73(59)49(41-61(60)69)37-48-35-45-40-64(76-58(23-13-32-84-76)68(45)55-20-10-28-80-72(48)55)51(16-6-4-2)63-39-44-34-47(71-54(19-9-27-79-71)67(44)57-22-12-31-83-75(57)63)36-46-33-43-38-62(50)74-56(21-11-30-82-74)66(43)53-18-8-26-78-70(46)53/h33-35,38-42,50-51H,3-32,36-37H2,1-2H3/t50-,51-/m1/s1. The molecule has 1 aliphatic carbocycles. The Kier molecular flexibility index (Phi) is 12.9. The van der Waals surface area contributed by atoms with Gasteiger partial charge in [0.25, 0.3) is 0 Å². The smallest absolute Gasteiger partial charge is 0.126 e. The summed E-state index contributed by atoms with van der Waals surface area (Å²) in [5.74, 6) is 8.86. The van der Waals surface area contributed by atoms with Crippen molar-refractivity contribution in [1.29, 1.82) is 0 Å². The van der Waals surface area contributed by atoms with Crippen molar-refractivity contribution in [1.82, 2.24) is 0 Å². The van der Waals surface area contributed by atoms with Gasteiger partial charge in [-0.05, 0) is 235 Å². The molecule has 0 radical (unpaired) electrons. The molecule has 11 bridgehead atoms. The van der Waals surface area contributed by atoms with Crippen LogP contribution >= 0.6 is 0 Å². The summed E-state index contributed by atoms with van der Waals surface area (Å²) >= 11 is 0. The lowest BCUT2D eigenvalue weighted by molar-refractivity contribution is 0.278. The van der Waals surface area contributed by atoms with Crippen molar-refractivity contribution in [2.24, 2.45) is 0 Å². The lowest BCUT2D eigenvalue weighted by atomic mass is 9.77. The zero-order valence-electron chi connectivity index (χ0n) is 49.7. The van der Waals surface area contributed by atoms with E-state index in [9.17, 15) is 0 Å². The van der Waals surface area contributed by atoms with Crippen molar-refractivity contribution in [2.45, 2.75) is 180 Å². The largest absolute Gasteiger partial charge is 0.493 e. The Hall–Kier alpha value is -6.80. The minimum atomic E-state index is 0.0709. The first-order valence-electron chi connectivity index (χ1n) is 33.2. The summed E-state index contributed by atoms with van der Waals surface area (Å²) in [6, 6.07) is 20.4. The molecule has 8 aromatic carbocycles. The normalized spacial score (nSPS) is 20.1. The summed E-state index contributed by atoms with van der Waals surface area (Å²) < 4.78 is 56.3. The van der Waals surface area contributed by atoms with E-state index in [2.05, 4.69) is 62.4 Å². The van der Waals surface area contributed by atoms with E-state index in [1.165, 1.54) is 132 Å².